The molecule has 0 aliphatic heterocycles. The highest BCUT2D eigenvalue weighted by Crippen LogP contribution is 2.54. The fourth-order valence-electron chi connectivity index (χ4n) is 0.661. The van der Waals surface area contributed by atoms with Gasteiger partial charge in [-0.1, -0.05) is 6.92 Å². The molecule has 0 spiro atoms. The Balaban J connectivity index is 4.86. The fourth-order valence-corrected chi connectivity index (χ4v) is 1.49. The quantitative estimate of drug-likeness (QED) is 0.665. The molecule has 0 heterocycles. The minimum absolute atomic E-state index is 0.821. The summed E-state index contributed by atoms with van der Waals surface area (Å²) >= 11 is 0. The van der Waals surface area contributed by atoms with E-state index in [1.165, 1.54) is 27.4 Å². The molecule has 72 valence electrons. The van der Waals surface area contributed by atoms with Gasteiger partial charge in [-0.25, -0.2) is 0 Å². The molecule has 12 heavy (non-hydrogen) atoms. The van der Waals surface area contributed by atoms with Crippen LogP contribution in [-0.4, -0.2) is 27.8 Å². The normalized spacial score (nSPS) is 19.8. The molecule has 0 aliphatic carbocycles. The van der Waals surface area contributed by atoms with E-state index in [1.54, 1.807) is 0 Å². The van der Waals surface area contributed by atoms with Crippen LogP contribution in [0.2, 0.25) is 0 Å². The average molecular weight is 194 g/mol. The van der Waals surface area contributed by atoms with Crippen LogP contribution in [0.4, 0.5) is 0 Å². The highest BCUT2D eigenvalue weighted by Gasteiger charge is 2.43. The molecule has 0 saturated heterocycles. The smallest absolute Gasteiger partial charge is 0.307 e. The van der Waals surface area contributed by atoms with Gasteiger partial charge in [0, 0.05) is 6.66 Å². The minimum Gasteiger partial charge on any atom is -0.481 e. The van der Waals surface area contributed by atoms with Crippen molar-refractivity contribution >= 4 is 13.3 Å². The van der Waals surface area contributed by atoms with Crippen LogP contribution in [0, 0.1) is 5.92 Å². The molecule has 0 aromatic rings. The molecule has 0 amide bonds. The van der Waals surface area contributed by atoms with Gasteiger partial charge in [0.15, 0.2) is 0 Å². The van der Waals surface area contributed by atoms with E-state index >= 15 is 0 Å². The van der Waals surface area contributed by atoms with E-state index < -0.39 is 24.4 Å². The lowest BCUT2D eigenvalue weighted by Gasteiger charge is -2.31. The van der Waals surface area contributed by atoms with Crippen LogP contribution in [0.15, 0.2) is 0 Å². The van der Waals surface area contributed by atoms with Gasteiger partial charge >= 0.3 is 5.97 Å². The average Bonchev–Trinajstić information content (AvgIpc) is 1.83. The van der Waals surface area contributed by atoms with Crippen molar-refractivity contribution in [3.63, 3.8) is 0 Å². The molecule has 2 atom stereocenters. The lowest BCUT2D eigenvalue weighted by Crippen LogP contribution is -2.34. The third kappa shape index (κ3) is 2.08. The first-order chi connectivity index (χ1) is 5.10. The third-order valence-corrected chi connectivity index (χ3v) is 5.03. The number of hydrogen-bond acceptors (Lipinski definition) is 2. The summed E-state index contributed by atoms with van der Waals surface area (Å²) in [6.07, 6.45) is 0. The van der Waals surface area contributed by atoms with Gasteiger partial charge < -0.3 is 10.00 Å². The number of aliphatic carboxylic acids is 1. The Morgan fingerprint density at radius 3 is 1.92 bits per heavy atom. The second-order valence-corrected chi connectivity index (χ2v) is 6.50. The summed E-state index contributed by atoms with van der Waals surface area (Å²) in [6.45, 7) is 5.61. The van der Waals surface area contributed by atoms with Gasteiger partial charge in [-0.05, 0) is 13.8 Å². The number of rotatable bonds is 3. The minimum atomic E-state index is -3.36. The highest BCUT2D eigenvalue weighted by atomic mass is 31.2. The van der Waals surface area contributed by atoms with Crippen molar-refractivity contribution in [1.82, 2.24) is 0 Å². The molecule has 2 N–H and O–H groups in total. The maximum absolute atomic E-state index is 11.3. The molecule has 0 aromatic carbocycles. The summed E-state index contributed by atoms with van der Waals surface area (Å²) in [4.78, 5) is 19.8. The molecule has 0 bridgehead atoms. The zero-order chi connectivity index (χ0) is 10.2. The molecular formula is C7H15O4P. The summed E-state index contributed by atoms with van der Waals surface area (Å²) in [5.41, 5.74) is 0. The predicted molar refractivity (Wildman–Crippen MR) is 46.6 cm³/mol. The summed E-state index contributed by atoms with van der Waals surface area (Å²) < 4.78 is 11.3. The molecule has 0 rings (SSSR count). The van der Waals surface area contributed by atoms with Crippen LogP contribution in [-0.2, 0) is 9.36 Å². The van der Waals surface area contributed by atoms with Crippen molar-refractivity contribution in [2.75, 3.05) is 6.66 Å². The zero-order valence-corrected chi connectivity index (χ0v) is 8.63. The maximum Gasteiger partial charge on any atom is 0.307 e. The van der Waals surface area contributed by atoms with Crippen LogP contribution < -0.4 is 0 Å². The van der Waals surface area contributed by atoms with Crippen LogP contribution >= 0.6 is 7.37 Å². The van der Waals surface area contributed by atoms with E-state index in [1.807, 2.05) is 0 Å². The Morgan fingerprint density at radius 2 is 1.83 bits per heavy atom. The van der Waals surface area contributed by atoms with Gasteiger partial charge in [-0.2, -0.15) is 0 Å². The molecular weight excluding hydrogens is 179 g/mol. The largest absolute Gasteiger partial charge is 0.481 e. The first kappa shape index (κ1) is 11.7. The van der Waals surface area contributed by atoms with E-state index in [0.717, 1.165) is 0 Å². The first-order valence-corrected chi connectivity index (χ1v) is 5.74. The van der Waals surface area contributed by atoms with E-state index in [9.17, 15) is 14.3 Å². The number of carbonyl (C=O) groups is 1. The molecule has 0 fully saturated rings. The van der Waals surface area contributed by atoms with Gasteiger partial charge in [-0.3, -0.25) is 9.36 Å². The number of carboxylic acid groups (broad SMARTS) is 1. The fraction of sp³-hybridized carbons (Fsp3) is 0.857. The Hall–Kier alpha value is -0.340. The number of carboxylic acids is 1. The molecule has 0 saturated carbocycles. The van der Waals surface area contributed by atoms with Crippen LogP contribution in [0.1, 0.15) is 20.8 Å². The molecule has 0 radical (unpaired) electrons. The highest BCUT2D eigenvalue weighted by molar-refractivity contribution is 7.58. The van der Waals surface area contributed by atoms with Gasteiger partial charge in [0.25, 0.3) is 0 Å². The summed E-state index contributed by atoms with van der Waals surface area (Å²) in [7, 11) is -3.36. The van der Waals surface area contributed by atoms with Crippen molar-refractivity contribution in [3.8, 4) is 0 Å². The van der Waals surface area contributed by atoms with Crippen molar-refractivity contribution in [3.05, 3.63) is 0 Å². The third-order valence-electron chi connectivity index (χ3n) is 2.50. The second kappa shape index (κ2) is 3.19. The Morgan fingerprint density at radius 1 is 1.50 bits per heavy atom. The monoisotopic (exact) mass is 194 g/mol. The van der Waals surface area contributed by atoms with E-state index in [0.29, 0.717) is 0 Å². The molecule has 5 heteroatoms. The van der Waals surface area contributed by atoms with E-state index in [2.05, 4.69) is 0 Å². The maximum atomic E-state index is 11.3. The van der Waals surface area contributed by atoms with Crippen molar-refractivity contribution in [2.45, 2.75) is 25.9 Å². The molecule has 2 unspecified atom stereocenters. The van der Waals surface area contributed by atoms with Gasteiger partial charge in [0.05, 0.1) is 11.1 Å². The Kier molecular flexibility index (Phi) is 3.10. The van der Waals surface area contributed by atoms with E-state index in [-0.39, 0.29) is 0 Å². The lowest BCUT2D eigenvalue weighted by atomic mass is 9.97. The molecule has 4 nitrogen and oxygen atoms in total. The predicted octanol–water partition coefficient (Wildman–Crippen LogP) is 1.39. The summed E-state index contributed by atoms with van der Waals surface area (Å²) in [5.74, 6) is -1.87. The van der Waals surface area contributed by atoms with Crippen LogP contribution in [0.5, 0.6) is 0 Å². The summed E-state index contributed by atoms with van der Waals surface area (Å²) in [5, 5.41) is 7.58. The van der Waals surface area contributed by atoms with Crippen LogP contribution in [0.3, 0.4) is 0 Å². The van der Waals surface area contributed by atoms with Crippen LogP contribution in [0.25, 0.3) is 0 Å². The standard InChI is InChI=1S/C7H15O4P/c1-5(6(8)9)7(2,3)12(4,10)11/h5H,1-4H3,(H,8,9)(H,10,11). The van der Waals surface area contributed by atoms with E-state index in [4.69, 9.17) is 5.11 Å². The lowest BCUT2D eigenvalue weighted by molar-refractivity contribution is -0.142. The van der Waals surface area contributed by atoms with Crippen molar-refractivity contribution in [1.29, 1.82) is 0 Å². The molecule has 0 aromatic heterocycles. The second-order valence-electron chi connectivity index (χ2n) is 3.59. The first-order valence-electron chi connectivity index (χ1n) is 3.64. The van der Waals surface area contributed by atoms with Gasteiger partial charge in [0.2, 0.25) is 7.37 Å². The zero-order valence-electron chi connectivity index (χ0n) is 7.74. The Bertz CT molecular complexity index is 228. The Labute approximate surface area is 72.1 Å². The van der Waals surface area contributed by atoms with Crippen molar-refractivity contribution in [2.24, 2.45) is 5.92 Å². The topological polar surface area (TPSA) is 74.6 Å². The van der Waals surface area contributed by atoms with Gasteiger partial charge in [-0.15, -0.1) is 0 Å². The van der Waals surface area contributed by atoms with Gasteiger partial charge in [0.1, 0.15) is 0 Å². The number of hydrogen-bond donors (Lipinski definition) is 2. The van der Waals surface area contributed by atoms with Crippen molar-refractivity contribution < 1.29 is 19.4 Å². The SMILES string of the molecule is CC(C(=O)O)C(C)(C)P(C)(=O)O. The molecule has 0 aliphatic rings. The summed E-state index contributed by atoms with van der Waals surface area (Å²) in [6, 6.07) is 0.